The number of aromatic hydroxyl groups is 1. The summed E-state index contributed by atoms with van der Waals surface area (Å²) in [6, 6.07) is 3.98. The van der Waals surface area contributed by atoms with E-state index in [9.17, 15) is 8.78 Å². The first-order valence-corrected chi connectivity index (χ1v) is 3.88. The van der Waals surface area contributed by atoms with Gasteiger partial charge in [0.2, 0.25) is 0 Å². The maximum Gasteiger partial charge on any atom is 0.291 e. The van der Waals surface area contributed by atoms with Crippen molar-refractivity contribution in [3.05, 3.63) is 29.8 Å². The third kappa shape index (κ3) is 1.78. The van der Waals surface area contributed by atoms with Crippen LogP contribution in [0, 0.1) is 0 Å². The Morgan fingerprint density at radius 2 is 1.92 bits per heavy atom. The predicted octanol–water partition coefficient (Wildman–Crippen LogP) is 1.83. The molecule has 0 aliphatic heterocycles. The largest absolute Gasteiger partial charge is 0.507 e. The number of phenolic OH excluding ortho intramolecular Hbond substituents is 1. The van der Waals surface area contributed by atoms with Gasteiger partial charge in [-0.2, -0.15) is 8.78 Å². The molecule has 0 aliphatic carbocycles. The number of benzene rings is 1. The number of halogens is 2. The van der Waals surface area contributed by atoms with E-state index in [1.807, 2.05) is 0 Å². The molecule has 1 atom stereocenters. The van der Waals surface area contributed by atoms with Crippen LogP contribution in [-0.2, 0) is 5.92 Å². The molecule has 2 nitrogen and oxygen atoms in total. The van der Waals surface area contributed by atoms with E-state index < -0.39 is 23.3 Å². The van der Waals surface area contributed by atoms with E-state index in [0.717, 1.165) is 0 Å². The quantitative estimate of drug-likeness (QED) is 0.742. The normalized spacial score (nSPS) is 14.2. The third-order valence-corrected chi connectivity index (χ3v) is 1.84. The van der Waals surface area contributed by atoms with E-state index in [2.05, 4.69) is 0 Å². The van der Waals surface area contributed by atoms with E-state index in [0.29, 0.717) is 0 Å². The maximum absolute atomic E-state index is 13.3. The number of para-hydroxylation sites is 1. The predicted molar refractivity (Wildman–Crippen MR) is 45.7 cm³/mol. The third-order valence-electron chi connectivity index (χ3n) is 1.84. The number of alkyl halides is 2. The molecular weight excluding hydrogens is 176 g/mol. The van der Waals surface area contributed by atoms with E-state index in [1.54, 1.807) is 0 Å². The average Bonchev–Trinajstić information content (AvgIpc) is 2.04. The van der Waals surface area contributed by atoms with Gasteiger partial charge in [0.25, 0.3) is 5.92 Å². The van der Waals surface area contributed by atoms with Gasteiger partial charge < -0.3 is 10.8 Å². The minimum atomic E-state index is -3.19. The first-order chi connectivity index (χ1) is 5.96. The van der Waals surface area contributed by atoms with Crippen molar-refractivity contribution in [3.8, 4) is 5.75 Å². The molecule has 0 heterocycles. The molecule has 0 saturated heterocycles. The van der Waals surface area contributed by atoms with E-state index in [1.165, 1.54) is 31.2 Å². The van der Waals surface area contributed by atoms with Crippen LogP contribution < -0.4 is 5.73 Å². The molecule has 0 aromatic heterocycles. The Kier molecular flexibility index (Phi) is 2.52. The Morgan fingerprint density at radius 3 is 2.38 bits per heavy atom. The zero-order valence-electron chi connectivity index (χ0n) is 7.17. The molecule has 0 spiro atoms. The molecule has 1 unspecified atom stereocenters. The molecule has 1 rings (SSSR count). The Balaban J connectivity index is 3.14. The van der Waals surface area contributed by atoms with Crippen molar-refractivity contribution < 1.29 is 13.9 Å². The molecule has 0 radical (unpaired) electrons. The molecule has 0 amide bonds. The van der Waals surface area contributed by atoms with Crippen molar-refractivity contribution >= 4 is 0 Å². The van der Waals surface area contributed by atoms with Gasteiger partial charge in [-0.3, -0.25) is 0 Å². The number of hydrogen-bond acceptors (Lipinski definition) is 2. The van der Waals surface area contributed by atoms with Gasteiger partial charge in [0.15, 0.2) is 0 Å². The first kappa shape index (κ1) is 9.92. The van der Waals surface area contributed by atoms with Gasteiger partial charge in [0.1, 0.15) is 5.75 Å². The number of phenols is 1. The maximum atomic E-state index is 13.3. The topological polar surface area (TPSA) is 46.2 Å². The Hall–Kier alpha value is -1.16. The molecule has 13 heavy (non-hydrogen) atoms. The molecule has 3 N–H and O–H groups in total. The number of nitrogens with two attached hydrogens (primary N) is 1. The second kappa shape index (κ2) is 3.30. The average molecular weight is 187 g/mol. The molecule has 4 heteroatoms. The summed E-state index contributed by atoms with van der Waals surface area (Å²) >= 11 is 0. The van der Waals surface area contributed by atoms with Crippen LogP contribution in [0.15, 0.2) is 24.3 Å². The summed E-state index contributed by atoms with van der Waals surface area (Å²) in [5.41, 5.74) is 4.68. The highest BCUT2D eigenvalue weighted by atomic mass is 19.3. The lowest BCUT2D eigenvalue weighted by Gasteiger charge is -2.21. The second-order valence-electron chi connectivity index (χ2n) is 2.93. The van der Waals surface area contributed by atoms with Crippen molar-refractivity contribution in [1.29, 1.82) is 0 Å². The minimum absolute atomic E-state index is 0.426. The Labute approximate surface area is 75.0 Å². The van der Waals surface area contributed by atoms with Crippen LogP contribution in [0.4, 0.5) is 8.78 Å². The van der Waals surface area contributed by atoms with Crippen molar-refractivity contribution in [2.75, 3.05) is 0 Å². The summed E-state index contributed by atoms with van der Waals surface area (Å²) in [6.45, 7) is 1.20. The van der Waals surface area contributed by atoms with Gasteiger partial charge in [-0.05, 0) is 19.1 Å². The standard InChI is InChI=1S/C9H11F2NO/c1-6(12)9(10,11)7-4-2-3-5-8(7)13/h2-6,13H,12H2,1H3. The highest BCUT2D eigenvalue weighted by Crippen LogP contribution is 2.35. The molecule has 0 aliphatic rings. The Morgan fingerprint density at radius 1 is 1.38 bits per heavy atom. The fourth-order valence-electron chi connectivity index (χ4n) is 1.00. The smallest absolute Gasteiger partial charge is 0.291 e. The molecule has 1 aromatic carbocycles. The van der Waals surface area contributed by atoms with Gasteiger partial charge >= 0.3 is 0 Å². The van der Waals surface area contributed by atoms with Gasteiger partial charge in [-0.15, -0.1) is 0 Å². The summed E-state index contributed by atoms with van der Waals surface area (Å²) in [6.07, 6.45) is 0. The highest BCUT2D eigenvalue weighted by molar-refractivity contribution is 5.36. The van der Waals surface area contributed by atoms with Gasteiger partial charge in [0, 0.05) is 0 Å². The van der Waals surface area contributed by atoms with E-state index >= 15 is 0 Å². The van der Waals surface area contributed by atoms with E-state index in [-0.39, 0.29) is 0 Å². The van der Waals surface area contributed by atoms with Gasteiger partial charge in [-0.1, -0.05) is 12.1 Å². The SMILES string of the molecule is CC(N)C(F)(F)c1ccccc1O. The van der Waals surface area contributed by atoms with Crippen LogP contribution in [0.5, 0.6) is 5.75 Å². The minimum Gasteiger partial charge on any atom is -0.507 e. The van der Waals surface area contributed by atoms with Crippen molar-refractivity contribution in [2.45, 2.75) is 18.9 Å². The lowest BCUT2D eigenvalue weighted by molar-refractivity contribution is -0.0275. The van der Waals surface area contributed by atoms with Crippen molar-refractivity contribution in [2.24, 2.45) is 5.73 Å². The zero-order chi connectivity index (χ0) is 10.1. The van der Waals surface area contributed by atoms with E-state index in [4.69, 9.17) is 10.8 Å². The highest BCUT2D eigenvalue weighted by Gasteiger charge is 2.38. The second-order valence-corrected chi connectivity index (χ2v) is 2.93. The molecule has 0 saturated carbocycles. The molecule has 0 bridgehead atoms. The van der Waals surface area contributed by atoms with Crippen molar-refractivity contribution in [3.63, 3.8) is 0 Å². The summed E-state index contributed by atoms with van der Waals surface area (Å²) in [5.74, 6) is -3.62. The summed E-state index contributed by atoms with van der Waals surface area (Å²) in [4.78, 5) is 0. The summed E-state index contributed by atoms with van der Waals surface area (Å²) in [7, 11) is 0. The molecular formula is C9H11F2NO. The Bertz CT molecular complexity index is 299. The zero-order valence-corrected chi connectivity index (χ0v) is 7.17. The van der Waals surface area contributed by atoms with Crippen LogP contribution in [0.1, 0.15) is 12.5 Å². The van der Waals surface area contributed by atoms with Crippen LogP contribution in [0.2, 0.25) is 0 Å². The van der Waals surface area contributed by atoms with Crippen LogP contribution in [0.25, 0.3) is 0 Å². The summed E-state index contributed by atoms with van der Waals surface area (Å²) < 4.78 is 26.5. The van der Waals surface area contributed by atoms with Crippen LogP contribution in [-0.4, -0.2) is 11.1 Å². The number of rotatable bonds is 2. The van der Waals surface area contributed by atoms with Crippen LogP contribution in [0.3, 0.4) is 0 Å². The lowest BCUT2D eigenvalue weighted by atomic mass is 10.0. The molecule has 1 aromatic rings. The van der Waals surface area contributed by atoms with Gasteiger partial charge in [0.05, 0.1) is 11.6 Å². The number of hydrogen-bond donors (Lipinski definition) is 2. The fourth-order valence-corrected chi connectivity index (χ4v) is 1.00. The van der Waals surface area contributed by atoms with Crippen LogP contribution >= 0.6 is 0 Å². The van der Waals surface area contributed by atoms with Gasteiger partial charge in [-0.25, -0.2) is 0 Å². The molecule has 72 valence electrons. The fraction of sp³-hybridized carbons (Fsp3) is 0.333. The monoisotopic (exact) mass is 187 g/mol. The lowest BCUT2D eigenvalue weighted by Crippen LogP contribution is -2.35. The summed E-state index contributed by atoms with van der Waals surface area (Å²) in [5, 5.41) is 9.16. The first-order valence-electron chi connectivity index (χ1n) is 3.88. The van der Waals surface area contributed by atoms with Crippen molar-refractivity contribution in [1.82, 2.24) is 0 Å². The molecule has 0 fully saturated rings.